The SMILES string of the molecule is CCC(CO)NC(=O)NCC1(c2ccccc2C)CC1. The highest BCUT2D eigenvalue weighted by Crippen LogP contribution is 2.48. The van der Waals surface area contributed by atoms with Crippen LogP contribution in [0.4, 0.5) is 4.79 Å². The van der Waals surface area contributed by atoms with E-state index in [1.807, 2.05) is 13.0 Å². The van der Waals surface area contributed by atoms with Crippen LogP contribution in [0.1, 0.15) is 37.3 Å². The molecule has 110 valence electrons. The molecule has 0 radical (unpaired) electrons. The van der Waals surface area contributed by atoms with Gasteiger partial charge in [0.05, 0.1) is 12.6 Å². The Morgan fingerprint density at radius 3 is 2.65 bits per heavy atom. The lowest BCUT2D eigenvalue weighted by molar-refractivity contribution is 0.214. The molecule has 1 aliphatic carbocycles. The van der Waals surface area contributed by atoms with Crippen LogP contribution in [-0.2, 0) is 5.41 Å². The first-order valence-corrected chi connectivity index (χ1v) is 7.32. The van der Waals surface area contributed by atoms with Gasteiger partial charge in [0.1, 0.15) is 0 Å². The molecule has 20 heavy (non-hydrogen) atoms. The van der Waals surface area contributed by atoms with E-state index in [0.29, 0.717) is 6.54 Å². The Morgan fingerprint density at radius 1 is 1.40 bits per heavy atom. The molecule has 0 saturated heterocycles. The van der Waals surface area contributed by atoms with Gasteiger partial charge in [-0.2, -0.15) is 0 Å². The number of urea groups is 1. The zero-order chi connectivity index (χ0) is 14.6. The molecule has 4 nitrogen and oxygen atoms in total. The summed E-state index contributed by atoms with van der Waals surface area (Å²) in [5.41, 5.74) is 2.74. The number of carbonyl (C=O) groups is 1. The van der Waals surface area contributed by atoms with E-state index in [9.17, 15) is 4.79 Å². The predicted octanol–water partition coefficient (Wildman–Crippen LogP) is 2.10. The molecule has 2 amide bonds. The van der Waals surface area contributed by atoms with E-state index in [1.165, 1.54) is 11.1 Å². The van der Waals surface area contributed by atoms with Gasteiger partial charge < -0.3 is 15.7 Å². The topological polar surface area (TPSA) is 61.4 Å². The Kier molecular flexibility index (Phi) is 4.65. The van der Waals surface area contributed by atoms with Crippen molar-refractivity contribution in [3.05, 3.63) is 35.4 Å². The molecule has 1 aromatic rings. The van der Waals surface area contributed by atoms with Crippen molar-refractivity contribution < 1.29 is 9.90 Å². The van der Waals surface area contributed by atoms with Crippen LogP contribution in [0.2, 0.25) is 0 Å². The minimum Gasteiger partial charge on any atom is -0.394 e. The Balaban J connectivity index is 1.91. The molecule has 0 aromatic heterocycles. The molecule has 1 saturated carbocycles. The van der Waals surface area contributed by atoms with Crippen molar-refractivity contribution in [1.82, 2.24) is 10.6 Å². The second-order valence-corrected chi connectivity index (χ2v) is 5.71. The lowest BCUT2D eigenvalue weighted by atomic mass is 9.92. The van der Waals surface area contributed by atoms with Gasteiger partial charge in [-0.3, -0.25) is 0 Å². The molecule has 0 spiro atoms. The van der Waals surface area contributed by atoms with Gasteiger partial charge in [0.15, 0.2) is 0 Å². The van der Waals surface area contributed by atoms with Gasteiger partial charge in [0, 0.05) is 12.0 Å². The van der Waals surface area contributed by atoms with Crippen molar-refractivity contribution in [2.24, 2.45) is 0 Å². The molecule has 0 aliphatic heterocycles. The van der Waals surface area contributed by atoms with Gasteiger partial charge in [-0.15, -0.1) is 0 Å². The fourth-order valence-electron chi connectivity index (χ4n) is 2.62. The largest absolute Gasteiger partial charge is 0.394 e. The quantitative estimate of drug-likeness (QED) is 0.745. The van der Waals surface area contributed by atoms with Crippen LogP contribution in [0, 0.1) is 6.92 Å². The molecular formula is C16H24N2O2. The molecule has 2 rings (SSSR count). The number of amides is 2. The summed E-state index contributed by atoms with van der Waals surface area (Å²) in [6, 6.07) is 8.02. The van der Waals surface area contributed by atoms with E-state index < -0.39 is 0 Å². The number of rotatable bonds is 6. The standard InChI is InChI=1S/C16H24N2O2/c1-3-13(10-19)18-15(20)17-11-16(8-9-16)14-7-5-4-6-12(14)2/h4-7,13,19H,3,8-11H2,1-2H3,(H2,17,18,20). The number of aliphatic hydroxyl groups is 1. The summed E-state index contributed by atoms with van der Waals surface area (Å²) < 4.78 is 0. The first-order chi connectivity index (χ1) is 9.61. The van der Waals surface area contributed by atoms with Crippen LogP contribution in [0.25, 0.3) is 0 Å². The van der Waals surface area contributed by atoms with E-state index in [1.54, 1.807) is 0 Å². The molecule has 4 heteroatoms. The molecule has 1 unspecified atom stereocenters. The van der Waals surface area contributed by atoms with Crippen molar-refractivity contribution in [2.75, 3.05) is 13.2 Å². The number of carbonyl (C=O) groups excluding carboxylic acids is 1. The van der Waals surface area contributed by atoms with Crippen LogP contribution < -0.4 is 10.6 Å². The molecule has 0 bridgehead atoms. The van der Waals surface area contributed by atoms with E-state index >= 15 is 0 Å². The maximum atomic E-state index is 11.8. The van der Waals surface area contributed by atoms with Crippen LogP contribution in [0.15, 0.2) is 24.3 Å². The third kappa shape index (κ3) is 3.31. The molecule has 1 aliphatic rings. The van der Waals surface area contributed by atoms with Gasteiger partial charge in [-0.05, 0) is 37.3 Å². The van der Waals surface area contributed by atoms with Gasteiger partial charge in [0.25, 0.3) is 0 Å². The summed E-state index contributed by atoms with van der Waals surface area (Å²) in [6.45, 7) is 4.70. The van der Waals surface area contributed by atoms with Crippen molar-refractivity contribution >= 4 is 6.03 Å². The Hall–Kier alpha value is -1.55. The van der Waals surface area contributed by atoms with Gasteiger partial charge in [-0.1, -0.05) is 31.2 Å². The van der Waals surface area contributed by atoms with E-state index in [4.69, 9.17) is 5.11 Å². The summed E-state index contributed by atoms with van der Waals surface area (Å²) in [5.74, 6) is 0. The molecule has 1 atom stereocenters. The number of hydrogen-bond donors (Lipinski definition) is 3. The number of nitrogens with one attached hydrogen (secondary N) is 2. The van der Waals surface area contributed by atoms with Crippen LogP contribution in [-0.4, -0.2) is 30.3 Å². The number of hydrogen-bond acceptors (Lipinski definition) is 2. The molecular weight excluding hydrogens is 252 g/mol. The monoisotopic (exact) mass is 276 g/mol. The highest BCUT2D eigenvalue weighted by atomic mass is 16.3. The summed E-state index contributed by atoms with van der Waals surface area (Å²) in [5, 5.41) is 14.8. The smallest absolute Gasteiger partial charge is 0.315 e. The summed E-state index contributed by atoms with van der Waals surface area (Å²) in [4.78, 5) is 11.8. The lowest BCUT2D eigenvalue weighted by Gasteiger charge is -2.20. The molecule has 0 heterocycles. The summed E-state index contributed by atoms with van der Waals surface area (Å²) >= 11 is 0. The third-order valence-corrected chi connectivity index (χ3v) is 4.21. The number of benzene rings is 1. The maximum Gasteiger partial charge on any atom is 0.315 e. The van der Waals surface area contributed by atoms with E-state index in [-0.39, 0.29) is 24.1 Å². The summed E-state index contributed by atoms with van der Waals surface area (Å²) in [6.07, 6.45) is 2.97. The first-order valence-electron chi connectivity index (χ1n) is 7.32. The van der Waals surface area contributed by atoms with E-state index in [0.717, 1.165) is 19.3 Å². The zero-order valence-electron chi connectivity index (χ0n) is 12.3. The van der Waals surface area contributed by atoms with Crippen LogP contribution in [0.5, 0.6) is 0 Å². The van der Waals surface area contributed by atoms with Crippen molar-refractivity contribution in [3.8, 4) is 0 Å². The zero-order valence-corrected chi connectivity index (χ0v) is 12.3. The minimum absolute atomic E-state index is 0.0210. The Bertz CT molecular complexity index is 465. The predicted molar refractivity (Wildman–Crippen MR) is 79.8 cm³/mol. The first kappa shape index (κ1) is 14.9. The Labute approximate surface area is 120 Å². The number of aryl methyl sites for hydroxylation is 1. The van der Waals surface area contributed by atoms with Crippen LogP contribution in [0.3, 0.4) is 0 Å². The average molecular weight is 276 g/mol. The van der Waals surface area contributed by atoms with E-state index in [2.05, 4.69) is 35.8 Å². The third-order valence-electron chi connectivity index (χ3n) is 4.21. The van der Waals surface area contributed by atoms with Crippen molar-refractivity contribution in [1.29, 1.82) is 0 Å². The second-order valence-electron chi connectivity index (χ2n) is 5.71. The maximum absolute atomic E-state index is 11.8. The second kappa shape index (κ2) is 6.27. The van der Waals surface area contributed by atoms with Crippen molar-refractivity contribution in [2.45, 2.75) is 44.6 Å². The molecule has 1 fully saturated rings. The van der Waals surface area contributed by atoms with Gasteiger partial charge >= 0.3 is 6.03 Å². The van der Waals surface area contributed by atoms with Gasteiger partial charge in [0.2, 0.25) is 0 Å². The number of aliphatic hydroxyl groups excluding tert-OH is 1. The minimum atomic E-state index is -0.189. The lowest BCUT2D eigenvalue weighted by Crippen LogP contribution is -2.45. The highest BCUT2D eigenvalue weighted by molar-refractivity contribution is 5.74. The highest BCUT2D eigenvalue weighted by Gasteiger charge is 2.45. The molecule has 1 aromatic carbocycles. The van der Waals surface area contributed by atoms with Crippen LogP contribution >= 0.6 is 0 Å². The van der Waals surface area contributed by atoms with Crippen molar-refractivity contribution in [3.63, 3.8) is 0 Å². The summed E-state index contributed by atoms with van der Waals surface area (Å²) in [7, 11) is 0. The average Bonchev–Trinajstić information content (AvgIpc) is 3.24. The normalized spacial score (nSPS) is 17.4. The fourth-order valence-corrected chi connectivity index (χ4v) is 2.62. The van der Waals surface area contributed by atoms with Gasteiger partial charge in [-0.25, -0.2) is 4.79 Å². The fraction of sp³-hybridized carbons (Fsp3) is 0.562. The Morgan fingerprint density at radius 2 is 2.10 bits per heavy atom. The molecule has 3 N–H and O–H groups in total.